The van der Waals surface area contributed by atoms with Gasteiger partial charge in [-0.25, -0.2) is 18.7 Å². The molecule has 9 heteroatoms. The van der Waals surface area contributed by atoms with E-state index in [1.165, 1.54) is 35.9 Å². The number of carbonyl (C=O) groups is 1. The van der Waals surface area contributed by atoms with Crippen LogP contribution in [0.5, 0.6) is 5.75 Å². The molecule has 172 valence electrons. The molecular formula is C24H24F2N4O3. The highest BCUT2D eigenvalue weighted by molar-refractivity contribution is 5.81. The number of halogens is 2. The van der Waals surface area contributed by atoms with Crippen LogP contribution in [0.25, 0.3) is 22.5 Å². The van der Waals surface area contributed by atoms with Gasteiger partial charge in [0, 0.05) is 37.2 Å². The van der Waals surface area contributed by atoms with E-state index in [9.17, 15) is 14.0 Å². The Labute approximate surface area is 189 Å². The van der Waals surface area contributed by atoms with E-state index < -0.39 is 17.3 Å². The van der Waals surface area contributed by atoms with Crippen LogP contribution in [0.3, 0.4) is 0 Å². The lowest BCUT2D eigenvalue weighted by Crippen LogP contribution is -2.31. The molecule has 5 rings (SSSR count). The van der Waals surface area contributed by atoms with Crippen LogP contribution in [0.2, 0.25) is 0 Å². The van der Waals surface area contributed by atoms with Crippen LogP contribution in [0.4, 0.5) is 8.78 Å². The van der Waals surface area contributed by atoms with Gasteiger partial charge in [-0.05, 0) is 55.0 Å². The number of hydrogen-bond acceptors (Lipinski definition) is 4. The Bertz CT molecular complexity index is 1260. The largest absolute Gasteiger partial charge is 0.497 e. The highest BCUT2D eigenvalue weighted by Crippen LogP contribution is 2.34. The fourth-order valence-corrected chi connectivity index (χ4v) is 4.44. The summed E-state index contributed by atoms with van der Waals surface area (Å²) < 4.78 is 35.9. The Kier molecular flexibility index (Phi) is 5.47. The van der Waals surface area contributed by atoms with E-state index in [4.69, 9.17) is 4.74 Å². The van der Waals surface area contributed by atoms with Crippen molar-refractivity contribution in [2.24, 2.45) is 11.8 Å². The lowest BCUT2D eigenvalue weighted by molar-refractivity contribution is -0.131. The number of benzene rings is 2. The average molecular weight is 454 g/mol. The standard InChI is InChI=1S/C24H24F2N4O3/c1-33-17-5-7-18(21(26)11-17)16-4-6-19(20(25)10-16)22-27-28-24(32)30(22)13-14-8-9-29(12-14)23(31)15-2-3-15/h4-7,10-11,14-15H,2-3,8-9,12-13H2,1H3,(H,28,32). The summed E-state index contributed by atoms with van der Waals surface area (Å²) in [6.45, 7) is 1.61. The lowest BCUT2D eigenvalue weighted by atomic mass is 10.0. The molecule has 33 heavy (non-hydrogen) atoms. The van der Waals surface area contributed by atoms with Gasteiger partial charge in [-0.2, -0.15) is 5.10 Å². The molecule has 2 fully saturated rings. The minimum absolute atomic E-state index is 0.0949. The van der Waals surface area contributed by atoms with Crippen molar-refractivity contribution >= 4 is 5.91 Å². The van der Waals surface area contributed by atoms with Crippen molar-refractivity contribution in [3.05, 3.63) is 58.5 Å². The van der Waals surface area contributed by atoms with Crippen molar-refractivity contribution < 1.29 is 18.3 Å². The summed E-state index contributed by atoms with van der Waals surface area (Å²) >= 11 is 0. The molecule has 1 unspecified atom stereocenters. The Balaban J connectivity index is 1.38. The van der Waals surface area contributed by atoms with Crippen molar-refractivity contribution in [1.82, 2.24) is 19.7 Å². The molecule has 1 aliphatic carbocycles. The number of aromatic amines is 1. The summed E-state index contributed by atoms with van der Waals surface area (Å²) in [4.78, 5) is 26.6. The maximum absolute atomic E-state index is 15.1. The molecule has 2 aliphatic rings. The Hall–Kier alpha value is -3.49. The molecule has 1 amide bonds. The molecule has 3 aromatic rings. The maximum Gasteiger partial charge on any atom is 0.343 e. The van der Waals surface area contributed by atoms with E-state index in [-0.39, 0.29) is 34.7 Å². The summed E-state index contributed by atoms with van der Waals surface area (Å²) in [5, 5.41) is 6.44. The predicted octanol–water partition coefficient (Wildman–Crippen LogP) is 3.45. The smallest absolute Gasteiger partial charge is 0.343 e. The van der Waals surface area contributed by atoms with Crippen molar-refractivity contribution in [3.63, 3.8) is 0 Å². The molecular weight excluding hydrogens is 430 g/mol. The molecule has 0 bridgehead atoms. The van der Waals surface area contributed by atoms with Crippen molar-refractivity contribution in [2.75, 3.05) is 20.2 Å². The van der Waals surface area contributed by atoms with Crippen LogP contribution in [0, 0.1) is 23.5 Å². The number of methoxy groups -OCH3 is 1. The number of rotatable bonds is 6. The fraction of sp³-hybridized carbons (Fsp3) is 0.375. The van der Waals surface area contributed by atoms with E-state index in [2.05, 4.69) is 10.2 Å². The first-order chi connectivity index (χ1) is 15.9. The van der Waals surface area contributed by atoms with Crippen LogP contribution >= 0.6 is 0 Å². The van der Waals surface area contributed by atoms with Crippen molar-refractivity contribution in [2.45, 2.75) is 25.8 Å². The van der Waals surface area contributed by atoms with E-state index in [1.807, 2.05) is 4.90 Å². The number of nitrogens with one attached hydrogen (secondary N) is 1. The van der Waals surface area contributed by atoms with Gasteiger partial charge in [-0.1, -0.05) is 6.07 Å². The molecule has 7 nitrogen and oxygen atoms in total. The lowest BCUT2D eigenvalue weighted by Gasteiger charge is -2.16. The molecule has 1 atom stereocenters. The van der Waals surface area contributed by atoms with Gasteiger partial charge < -0.3 is 9.64 Å². The zero-order valence-electron chi connectivity index (χ0n) is 18.2. The number of amides is 1. The third-order valence-electron chi connectivity index (χ3n) is 6.42. The number of nitrogens with zero attached hydrogens (tertiary/aromatic N) is 3. The summed E-state index contributed by atoms with van der Waals surface area (Å²) in [5.74, 6) is -0.115. The number of ether oxygens (including phenoxy) is 1. The van der Waals surface area contributed by atoms with Crippen LogP contribution in [0.15, 0.2) is 41.2 Å². The summed E-state index contributed by atoms with van der Waals surface area (Å²) in [5.41, 5.74) is 0.328. The predicted molar refractivity (Wildman–Crippen MR) is 118 cm³/mol. The third kappa shape index (κ3) is 4.15. The molecule has 1 aromatic heterocycles. The zero-order chi connectivity index (χ0) is 23.1. The molecule has 0 spiro atoms. The molecule has 0 radical (unpaired) electrons. The van der Waals surface area contributed by atoms with Gasteiger partial charge in [-0.15, -0.1) is 0 Å². The highest BCUT2D eigenvalue weighted by atomic mass is 19.1. The quantitative estimate of drug-likeness (QED) is 0.619. The Morgan fingerprint density at radius 1 is 1.12 bits per heavy atom. The molecule has 2 heterocycles. The molecule has 2 aromatic carbocycles. The Morgan fingerprint density at radius 3 is 2.58 bits per heavy atom. The van der Waals surface area contributed by atoms with Crippen molar-refractivity contribution in [3.8, 4) is 28.3 Å². The van der Waals surface area contributed by atoms with Gasteiger partial charge in [-0.3, -0.25) is 9.36 Å². The number of hydrogen-bond donors (Lipinski definition) is 1. The van der Waals surface area contributed by atoms with E-state index in [1.54, 1.807) is 12.1 Å². The number of likely N-dealkylation sites (tertiary alicyclic amines) is 1. The van der Waals surface area contributed by atoms with E-state index >= 15 is 4.39 Å². The second kappa shape index (κ2) is 8.46. The highest BCUT2D eigenvalue weighted by Gasteiger charge is 2.37. The third-order valence-corrected chi connectivity index (χ3v) is 6.42. The average Bonchev–Trinajstić information content (AvgIpc) is 3.46. The molecule has 1 aliphatic heterocycles. The van der Waals surface area contributed by atoms with Crippen LogP contribution in [-0.4, -0.2) is 45.8 Å². The van der Waals surface area contributed by atoms with Crippen LogP contribution in [-0.2, 0) is 11.3 Å². The first-order valence-corrected chi connectivity index (χ1v) is 11.0. The summed E-state index contributed by atoms with van der Waals surface area (Å²) in [7, 11) is 1.44. The minimum atomic E-state index is -0.611. The SMILES string of the molecule is COc1ccc(-c2ccc(-c3n[nH]c(=O)n3CC3CCN(C(=O)C4CC4)C3)c(F)c2)c(F)c1. The van der Waals surface area contributed by atoms with E-state index in [0.717, 1.165) is 19.3 Å². The number of carbonyl (C=O) groups excluding carboxylic acids is 1. The van der Waals surface area contributed by atoms with Gasteiger partial charge in [0.1, 0.15) is 17.4 Å². The van der Waals surface area contributed by atoms with Gasteiger partial charge in [0.05, 0.1) is 12.7 Å². The second-order valence-corrected chi connectivity index (χ2v) is 8.72. The number of H-pyrrole nitrogens is 1. The molecule has 1 saturated carbocycles. The first kappa shape index (κ1) is 21.4. The minimum Gasteiger partial charge on any atom is -0.497 e. The maximum atomic E-state index is 15.1. The van der Waals surface area contributed by atoms with Gasteiger partial charge in [0.2, 0.25) is 5.91 Å². The van der Waals surface area contributed by atoms with Gasteiger partial charge in [0.15, 0.2) is 5.82 Å². The van der Waals surface area contributed by atoms with E-state index in [0.29, 0.717) is 30.9 Å². The van der Waals surface area contributed by atoms with Gasteiger partial charge >= 0.3 is 5.69 Å². The topological polar surface area (TPSA) is 80.2 Å². The fourth-order valence-electron chi connectivity index (χ4n) is 4.44. The number of aromatic nitrogens is 3. The van der Waals surface area contributed by atoms with Crippen LogP contribution in [0.1, 0.15) is 19.3 Å². The Morgan fingerprint density at radius 2 is 1.88 bits per heavy atom. The molecule has 1 saturated heterocycles. The zero-order valence-corrected chi connectivity index (χ0v) is 18.2. The normalized spacial score (nSPS) is 18.0. The van der Waals surface area contributed by atoms with Gasteiger partial charge in [0.25, 0.3) is 0 Å². The van der Waals surface area contributed by atoms with Crippen LogP contribution < -0.4 is 10.4 Å². The first-order valence-electron chi connectivity index (χ1n) is 11.0. The summed E-state index contributed by atoms with van der Waals surface area (Å²) in [6.07, 6.45) is 2.70. The summed E-state index contributed by atoms with van der Waals surface area (Å²) in [6, 6.07) is 8.70. The van der Waals surface area contributed by atoms with Crippen molar-refractivity contribution in [1.29, 1.82) is 0 Å². The second-order valence-electron chi connectivity index (χ2n) is 8.72. The molecule has 1 N–H and O–H groups in total. The monoisotopic (exact) mass is 454 g/mol.